The predicted octanol–water partition coefficient (Wildman–Crippen LogP) is 2.05. The summed E-state index contributed by atoms with van der Waals surface area (Å²) < 4.78 is 0. The van der Waals surface area contributed by atoms with Gasteiger partial charge in [-0.3, -0.25) is 9.79 Å². The fraction of sp³-hybridized carbons (Fsp3) is 0.435. The first-order valence-electron chi connectivity index (χ1n) is 10.9. The molecule has 1 aromatic carbocycles. The molecule has 8 heteroatoms. The zero-order valence-corrected chi connectivity index (χ0v) is 18.3. The second-order valence-electron chi connectivity index (χ2n) is 7.63. The number of nitrogens with one attached hydrogen (secondary N) is 3. The third-order valence-corrected chi connectivity index (χ3v) is 5.22. The highest BCUT2D eigenvalue weighted by atomic mass is 16.3. The third kappa shape index (κ3) is 6.60. The van der Waals surface area contributed by atoms with Gasteiger partial charge in [0.05, 0.1) is 12.1 Å². The second kappa shape index (κ2) is 11.2. The fourth-order valence-corrected chi connectivity index (χ4v) is 3.51. The minimum Gasteiger partial charge on any atom is -0.507 e. The van der Waals surface area contributed by atoms with Crippen molar-refractivity contribution in [3.63, 3.8) is 0 Å². The average Bonchev–Trinajstić information content (AvgIpc) is 2.78. The molecule has 0 unspecified atom stereocenters. The number of carbonyl (C=O) groups is 1. The molecule has 2 aromatic rings. The summed E-state index contributed by atoms with van der Waals surface area (Å²) in [5, 5.41) is 19.3. The molecular weight excluding hydrogens is 392 g/mol. The molecule has 0 radical (unpaired) electrons. The summed E-state index contributed by atoms with van der Waals surface area (Å²) in [6.07, 6.45) is 3.92. The monoisotopic (exact) mass is 424 g/mol. The molecule has 2 heterocycles. The number of rotatable bonds is 7. The van der Waals surface area contributed by atoms with Gasteiger partial charge in [-0.1, -0.05) is 18.2 Å². The van der Waals surface area contributed by atoms with Gasteiger partial charge in [-0.2, -0.15) is 0 Å². The molecule has 3 rings (SSSR count). The number of benzene rings is 1. The van der Waals surface area contributed by atoms with Gasteiger partial charge in [-0.05, 0) is 50.5 Å². The Kier molecular flexibility index (Phi) is 8.09. The van der Waals surface area contributed by atoms with Crippen LogP contribution in [-0.4, -0.2) is 60.7 Å². The molecule has 0 atom stereocenters. The van der Waals surface area contributed by atoms with E-state index in [0.717, 1.165) is 44.3 Å². The fourth-order valence-electron chi connectivity index (χ4n) is 3.51. The van der Waals surface area contributed by atoms with E-state index in [1.807, 2.05) is 20.0 Å². The number of carbonyl (C=O) groups excluding carboxylic acids is 1. The number of aromatic hydroxyl groups is 1. The first-order chi connectivity index (χ1) is 15.1. The summed E-state index contributed by atoms with van der Waals surface area (Å²) in [7, 11) is 0. The van der Waals surface area contributed by atoms with Gasteiger partial charge in [0.2, 0.25) is 0 Å². The quantitative estimate of drug-likeness (QED) is 0.308. The number of hydrogen-bond donors (Lipinski definition) is 4. The molecule has 0 spiro atoms. The van der Waals surface area contributed by atoms with Crippen molar-refractivity contribution in [2.75, 3.05) is 37.6 Å². The highest BCUT2D eigenvalue weighted by Crippen LogP contribution is 2.18. The molecule has 31 heavy (non-hydrogen) atoms. The van der Waals surface area contributed by atoms with Crippen LogP contribution in [0, 0.1) is 6.92 Å². The number of pyridine rings is 1. The number of guanidine groups is 1. The van der Waals surface area contributed by atoms with Crippen molar-refractivity contribution in [1.29, 1.82) is 0 Å². The van der Waals surface area contributed by atoms with E-state index in [9.17, 15) is 9.90 Å². The molecule has 0 saturated carbocycles. The molecule has 8 nitrogen and oxygen atoms in total. The minimum absolute atomic E-state index is 0.0225. The van der Waals surface area contributed by atoms with Gasteiger partial charge in [-0.25, -0.2) is 4.98 Å². The van der Waals surface area contributed by atoms with Gasteiger partial charge in [0, 0.05) is 38.4 Å². The molecule has 4 N–H and O–H groups in total. The highest BCUT2D eigenvalue weighted by Gasteiger charge is 2.20. The Labute approximate surface area is 183 Å². The Bertz CT molecular complexity index is 876. The van der Waals surface area contributed by atoms with E-state index in [1.165, 1.54) is 11.6 Å². The van der Waals surface area contributed by atoms with Crippen LogP contribution in [0.25, 0.3) is 0 Å². The van der Waals surface area contributed by atoms with Crippen molar-refractivity contribution in [3.8, 4) is 5.75 Å². The topological polar surface area (TPSA) is 102 Å². The number of nitrogens with zero attached hydrogens (tertiary/aromatic N) is 3. The van der Waals surface area contributed by atoms with Gasteiger partial charge in [0.25, 0.3) is 5.91 Å². The number of phenolic OH excluding ortho intramolecular Hbond substituents is 1. The van der Waals surface area contributed by atoms with Crippen LogP contribution < -0.4 is 20.9 Å². The van der Waals surface area contributed by atoms with Crippen molar-refractivity contribution in [2.24, 2.45) is 4.99 Å². The van der Waals surface area contributed by atoms with Crippen LogP contribution in [0.4, 0.5) is 5.82 Å². The first-order valence-corrected chi connectivity index (χ1v) is 10.9. The average molecular weight is 425 g/mol. The number of aryl methyl sites for hydroxylation is 1. The van der Waals surface area contributed by atoms with Crippen LogP contribution in [0.2, 0.25) is 0 Å². The van der Waals surface area contributed by atoms with E-state index in [4.69, 9.17) is 0 Å². The molecule has 1 saturated heterocycles. The maximum atomic E-state index is 12.2. The number of aliphatic imine (C=N–C) groups is 1. The summed E-state index contributed by atoms with van der Waals surface area (Å²) >= 11 is 0. The van der Waals surface area contributed by atoms with Gasteiger partial charge < -0.3 is 26.0 Å². The second-order valence-corrected chi connectivity index (χ2v) is 7.63. The molecule has 166 valence electrons. The Morgan fingerprint density at radius 2 is 1.97 bits per heavy atom. The largest absolute Gasteiger partial charge is 0.507 e. The first kappa shape index (κ1) is 22.4. The highest BCUT2D eigenvalue weighted by molar-refractivity contribution is 5.96. The predicted molar refractivity (Wildman–Crippen MR) is 124 cm³/mol. The van der Waals surface area contributed by atoms with E-state index < -0.39 is 0 Å². The van der Waals surface area contributed by atoms with E-state index in [2.05, 4.69) is 43.0 Å². The molecule has 1 aliphatic rings. The Morgan fingerprint density at radius 3 is 2.65 bits per heavy atom. The molecule has 1 aliphatic heterocycles. The van der Waals surface area contributed by atoms with E-state index >= 15 is 0 Å². The normalized spacial score (nSPS) is 14.9. The number of aromatic nitrogens is 1. The summed E-state index contributed by atoms with van der Waals surface area (Å²) in [6, 6.07) is 11.0. The summed E-state index contributed by atoms with van der Waals surface area (Å²) in [4.78, 5) is 23.6. The molecule has 1 fully saturated rings. The van der Waals surface area contributed by atoms with Crippen molar-refractivity contribution >= 4 is 17.7 Å². The Hall–Kier alpha value is -3.29. The SMILES string of the molecule is CCNC(=NCCNC(=O)c1ccccc1O)NC1CCN(c2ccc(C)cn2)CC1. The standard InChI is InChI=1S/C23H32N6O2/c1-3-24-23(26-13-12-25-22(31)19-6-4-5-7-20(19)30)28-18-10-14-29(15-11-18)21-9-8-17(2)16-27-21/h4-9,16,18,30H,3,10-15H2,1-2H3,(H,25,31)(H2,24,26,28). The maximum absolute atomic E-state index is 12.2. The van der Waals surface area contributed by atoms with Gasteiger partial charge in [-0.15, -0.1) is 0 Å². The molecular formula is C23H32N6O2. The maximum Gasteiger partial charge on any atom is 0.255 e. The van der Waals surface area contributed by atoms with Crippen LogP contribution in [0.1, 0.15) is 35.7 Å². The lowest BCUT2D eigenvalue weighted by Gasteiger charge is -2.33. The van der Waals surface area contributed by atoms with E-state index in [-0.39, 0.29) is 17.2 Å². The number of anilines is 1. The number of para-hydroxylation sites is 1. The van der Waals surface area contributed by atoms with Crippen molar-refractivity contribution in [3.05, 3.63) is 53.7 Å². The van der Waals surface area contributed by atoms with Gasteiger partial charge in [0.1, 0.15) is 11.6 Å². The Balaban J connectivity index is 1.45. The van der Waals surface area contributed by atoms with Crippen LogP contribution in [0.15, 0.2) is 47.6 Å². The lowest BCUT2D eigenvalue weighted by Crippen LogP contribution is -2.49. The number of hydrogen-bond acceptors (Lipinski definition) is 5. The molecule has 0 aliphatic carbocycles. The van der Waals surface area contributed by atoms with Gasteiger partial charge >= 0.3 is 0 Å². The number of phenols is 1. The Morgan fingerprint density at radius 1 is 1.19 bits per heavy atom. The smallest absolute Gasteiger partial charge is 0.255 e. The van der Waals surface area contributed by atoms with E-state index in [1.54, 1.807) is 18.2 Å². The van der Waals surface area contributed by atoms with Crippen LogP contribution >= 0.6 is 0 Å². The van der Waals surface area contributed by atoms with Crippen LogP contribution in [0.3, 0.4) is 0 Å². The lowest BCUT2D eigenvalue weighted by atomic mass is 10.1. The number of amides is 1. The van der Waals surface area contributed by atoms with Crippen LogP contribution in [-0.2, 0) is 0 Å². The zero-order valence-electron chi connectivity index (χ0n) is 18.3. The summed E-state index contributed by atoms with van der Waals surface area (Å²) in [5.41, 5.74) is 1.44. The lowest BCUT2D eigenvalue weighted by molar-refractivity contribution is 0.0952. The van der Waals surface area contributed by atoms with Crippen molar-refractivity contribution in [1.82, 2.24) is 20.9 Å². The summed E-state index contributed by atoms with van der Waals surface area (Å²) in [6.45, 7) is 7.58. The molecule has 0 bridgehead atoms. The summed E-state index contributed by atoms with van der Waals surface area (Å²) in [5.74, 6) is 1.46. The molecule has 1 amide bonds. The molecule has 1 aromatic heterocycles. The third-order valence-electron chi connectivity index (χ3n) is 5.22. The zero-order chi connectivity index (χ0) is 22.1. The number of piperidine rings is 1. The van der Waals surface area contributed by atoms with Gasteiger partial charge in [0.15, 0.2) is 5.96 Å². The van der Waals surface area contributed by atoms with Crippen molar-refractivity contribution < 1.29 is 9.90 Å². The minimum atomic E-state index is -0.302. The van der Waals surface area contributed by atoms with Crippen LogP contribution in [0.5, 0.6) is 5.75 Å². The van der Waals surface area contributed by atoms with Crippen molar-refractivity contribution in [2.45, 2.75) is 32.7 Å². The van der Waals surface area contributed by atoms with E-state index in [0.29, 0.717) is 19.1 Å².